The highest BCUT2D eigenvalue weighted by Crippen LogP contribution is 2.41. The van der Waals surface area contributed by atoms with E-state index in [0.29, 0.717) is 11.9 Å². The Hall–Kier alpha value is -2.28. The Labute approximate surface area is 159 Å². The summed E-state index contributed by atoms with van der Waals surface area (Å²) in [5, 5.41) is 11.6. The lowest BCUT2D eigenvalue weighted by molar-refractivity contribution is 0.0617. The van der Waals surface area contributed by atoms with Gasteiger partial charge in [-0.1, -0.05) is 6.07 Å². The lowest BCUT2D eigenvalue weighted by Crippen LogP contribution is -2.45. The summed E-state index contributed by atoms with van der Waals surface area (Å²) in [6.07, 6.45) is 10.3. The zero-order valence-electron chi connectivity index (χ0n) is 15.6. The Kier molecular flexibility index (Phi) is 4.19. The largest absolute Gasteiger partial charge is 0.347 e. The highest BCUT2D eigenvalue weighted by molar-refractivity contribution is 5.91. The third kappa shape index (κ3) is 3.48. The van der Waals surface area contributed by atoms with E-state index >= 15 is 0 Å². The standard InChI is InChI=1S/C20H26N6O/c27-19(22-16-3-4-16)18-24-23-17-5-6-20(14-26(17)18)7-10-25(11-8-20)13-15-2-1-9-21-12-15/h1-2,9,12,16H,3-8,10-11,13-14H2,(H,22,27). The Morgan fingerprint density at radius 2 is 2.07 bits per heavy atom. The predicted molar refractivity (Wildman–Crippen MR) is 100 cm³/mol. The van der Waals surface area contributed by atoms with Crippen molar-refractivity contribution in [3.8, 4) is 0 Å². The van der Waals surface area contributed by atoms with E-state index in [9.17, 15) is 4.79 Å². The summed E-state index contributed by atoms with van der Waals surface area (Å²) in [6, 6.07) is 4.49. The average Bonchev–Trinajstić information content (AvgIpc) is 3.41. The molecule has 7 nitrogen and oxygen atoms in total. The fourth-order valence-corrected chi connectivity index (χ4v) is 4.47. The van der Waals surface area contributed by atoms with Crippen molar-refractivity contribution in [1.82, 2.24) is 30.0 Å². The molecule has 2 aromatic rings. The number of aromatic nitrogens is 4. The van der Waals surface area contributed by atoms with Crippen LogP contribution in [0, 0.1) is 5.41 Å². The SMILES string of the molecule is O=C(NC1CC1)c1nnc2n1CC1(CC2)CCN(Cc2cccnc2)CC1. The van der Waals surface area contributed by atoms with Gasteiger partial charge in [0.05, 0.1) is 0 Å². The summed E-state index contributed by atoms with van der Waals surface area (Å²) in [6.45, 7) is 4.03. The Balaban J connectivity index is 1.25. The molecule has 142 valence electrons. The quantitative estimate of drug-likeness (QED) is 0.893. The molecule has 1 amide bonds. The fourth-order valence-electron chi connectivity index (χ4n) is 4.47. The van der Waals surface area contributed by atoms with Crippen LogP contribution in [0.4, 0.5) is 0 Å². The van der Waals surface area contributed by atoms with Crippen LogP contribution in [0.3, 0.4) is 0 Å². The van der Waals surface area contributed by atoms with Gasteiger partial charge in [0.2, 0.25) is 5.82 Å². The number of piperidine rings is 1. The number of nitrogens with zero attached hydrogens (tertiary/aromatic N) is 5. The summed E-state index contributed by atoms with van der Waals surface area (Å²) in [4.78, 5) is 19.2. The highest BCUT2D eigenvalue weighted by atomic mass is 16.2. The number of amides is 1. The molecule has 2 fully saturated rings. The molecule has 1 saturated carbocycles. The third-order valence-electron chi connectivity index (χ3n) is 6.36. The first-order valence-corrected chi connectivity index (χ1v) is 10.1. The van der Waals surface area contributed by atoms with Gasteiger partial charge in [-0.15, -0.1) is 10.2 Å². The first kappa shape index (κ1) is 16.9. The maximum absolute atomic E-state index is 12.5. The molecule has 0 radical (unpaired) electrons. The van der Waals surface area contributed by atoms with Crippen molar-refractivity contribution < 1.29 is 4.79 Å². The molecular formula is C20H26N6O. The monoisotopic (exact) mass is 366 g/mol. The van der Waals surface area contributed by atoms with E-state index in [2.05, 4.69) is 36.0 Å². The van der Waals surface area contributed by atoms with Crippen molar-refractivity contribution in [3.63, 3.8) is 0 Å². The molecule has 0 aromatic carbocycles. The van der Waals surface area contributed by atoms with Gasteiger partial charge in [-0.05, 0) is 62.2 Å². The number of aryl methyl sites for hydroxylation is 1. The normalized spacial score (nSPS) is 21.8. The van der Waals surface area contributed by atoms with Gasteiger partial charge >= 0.3 is 0 Å². The van der Waals surface area contributed by atoms with Gasteiger partial charge in [0.1, 0.15) is 5.82 Å². The lowest BCUT2D eigenvalue weighted by atomic mass is 9.73. The van der Waals surface area contributed by atoms with E-state index in [1.807, 2.05) is 18.5 Å². The van der Waals surface area contributed by atoms with Crippen LogP contribution >= 0.6 is 0 Å². The van der Waals surface area contributed by atoms with Crippen molar-refractivity contribution in [1.29, 1.82) is 0 Å². The molecule has 0 atom stereocenters. The van der Waals surface area contributed by atoms with Crippen molar-refractivity contribution in [2.24, 2.45) is 5.41 Å². The second kappa shape index (κ2) is 6.71. The van der Waals surface area contributed by atoms with Gasteiger partial charge in [-0.2, -0.15) is 0 Å². The van der Waals surface area contributed by atoms with E-state index in [-0.39, 0.29) is 11.3 Å². The summed E-state index contributed by atoms with van der Waals surface area (Å²) in [5.41, 5.74) is 1.55. The number of hydrogen-bond donors (Lipinski definition) is 1. The molecule has 1 N–H and O–H groups in total. The van der Waals surface area contributed by atoms with Gasteiger partial charge < -0.3 is 9.88 Å². The zero-order chi connectivity index (χ0) is 18.3. The van der Waals surface area contributed by atoms with Crippen LogP contribution in [0.2, 0.25) is 0 Å². The number of carbonyl (C=O) groups excluding carboxylic acids is 1. The van der Waals surface area contributed by atoms with Gasteiger partial charge in [0.25, 0.3) is 5.91 Å². The van der Waals surface area contributed by atoms with Crippen LogP contribution in [-0.4, -0.2) is 49.7 Å². The number of rotatable bonds is 4. The third-order valence-corrected chi connectivity index (χ3v) is 6.36. The summed E-state index contributed by atoms with van der Waals surface area (Å²) < 4.78 is 2.10. The van der Waals surface area contributed by atoms with Crippen LogP contribution < -0.4 is 5.32 Å². The molecule has 0 bridgehead atoms. The maximum Gasteiger partial charge on any atom is 0.289 e. The first-order valence-electron chi connectivity index (χ1n) is 10.1. The molecule has 0 unspecified atom stereocenters. The molecule has 3 aliphatic rings. The van der Waals surface area contributed by atoms with Crippen LogP contribution in [0.5, 0.6) is 0 Å². The Morgan fingerprint density at radius 1 is 1.22 bits per heavy atom. The Bertz CT molecular complexity index is 820. The molecule has 1 aliphatic carbocycles. The number of carbonyl (C=O) groups is 1. The minimum Gasteiger partial charge on any atom is -0.347 e. The average molecular weight is 366 g/mol. The number of likely N-dealkylation sites (tertiary alicyclic amines) is 1. The van der Waals surface area contributed by atoms with E-state index in [1.165, 1.54) is 5.56 Å². The molecule has 2 aliphatic heterocycles. The van der Waals surface area contributed by atoms with Crippen molar-refractivity contribution in [2.75, 3.05) is 13.1 Å². The molecular weight excluding hydrogens is 340 g/mol. The second-order valence-corrected chi connectivity index (χ2v) is 8.41. The van der Waals surface area contributed by atoms with Gasteiger partial charge in [-0.25, -0.2) is 0 Å². The van der Waals surface area contributed by atoms with Crippen LogP contribution in [0.25, 0.3) is 0 Å². The van der Waals surface area contributed by atoms with E-state index in [1.54, 1.807) is 0 Å². The van der Waals surface area contributed by atoms with Gasteiger partial charge in [-0.3, -0.25) is 14.7 Å². The number of pyridine rings is 1. The van der Waals surface area contributed by atoms with E-state index in [4.69, 9.17) is 0 Å². The number of fused-ring (bicyclic) bond motifs is 1. The second-order valence-electron chi connectivity index (χ2n) is 8.41. The van der Waals surface area contributed by atoms with E-state index < -0.39 is 0 Å². The van der Waals surface area contributed by atoms with Gasteiger partial charge in [0.15, 0.2) is 0 Å². The van der Waals surface area contributed by atoms with Gasteiger partial charge in [0, 0.05) is 37.9 Å². The topological polar surface area (TPSA) is 75.9 Å². The van der Waals surface area contributed by atoms with Crippen molar-refractivity contribution >= 4 is 5.91 Å². The predicted octanol–water partition coefficient (Wildman–Crippen LogP) is 1.79. The molecule has 1 spiro atoms. The lowest BCUT2D eigenvalue weighted by Gasteiger charge is -2.44. The molecule has 5 rings (SSSR count). The van der Waals surface area contributed by atoms with E-state index in [0.717, 1.165) is 70.5 Å². The zero-order valence-corrected chi connectivity index (χ0v) is 15.6. The first-order chi connectivity index (χ1) is 13.2. The van der Waals surface area contributed by atoms with Crippen LogP contribution in [0.15, 0.2) is 24.5 Å². The minimum atomic E-state index is -0.0534. The minimum absolute atomic E-state index is 0.0534. The fraction of sp³-hybridized carbons (Fsp3) is 0.600. The number of hydrogen-bond acceptors (Lipinski definition) is 5. The smallest absolute Gasteiger partial charge is 0.289 e. The van der Waals surface area contributed by atoms with Crippen LogP contribution in [-0.2, 0) is 19.5 Å². The Morgan fingerprint density at radius 3 is 2.81 bits per heavy atom. The molecule has 1 saturated heterocycles. The molecule has 27 heavy (non-hydrogen) atoms. The molecule has 2 aromatic heterocycles. The number of nitrogens with one attached hydrogen (secondary N) is 1. The molecule has 7 heteroatoms. The summed E-state index contributed by atoms with van der Waals surface area (Å²) in [7, 11) is 0. The highest BCUT2D eigenvalue weighted by Gasteiger charge is 2.40. The summed E-state index contributed by atoms with van der Waals surface area (Å²) in [5.74, 6) is 1.43. The maximum atomic E-state index is 12.5. The van der Waals surface area contributed by atoms with Crippen molar-refractivity contribution in [2.45, 2.75) is 57.7 Å². The van der Waals surface area contributed by atoms with Crippen LogP contribution in [0.1, 0.15) is 54.1 Å². The summed E-state index contributed by atoms with van der Waals surface area (Å²) >= 11 is 0. The van der Waals surface area contributed by atoms with Crippen molar-refractivity contribution in [3.05, 3.63) is 41.7 Å². The molecule has 4 heterocycles.